The van der Waals surface area contributed by atoms with Crippen LogP contribution in [0, 0.1) is 0 Å². The summed E-state index contributed by atoms with van der Waals surface area (Å²) in [4.78, 5) is 24.6. The molecular formula is C13H14BrNO3. The van der Waals surface area contributed by atoms with E-state index in [0.29, 0.717) is 13.0 Å². The first-order chi connectivity index (χ1) is 8.67. The van der Waals surface area contributed by atoms with E-state index in [1.807, 2.05) is 18.2 Å². The molecule has 0 saturated carbocycles. The van der Waals surface area contributed by atoms with Gasteiger partial charge in [-0.15, -0.1) is 0 Å². The van der Waals surface area contributed by atoms with Crippen molar-refractivity contribution >= 4 is 34.0 Å². The third-order valence-corrected chi connectivity index (χ3v) is 3.68. The molecule has 4 nitrogen and oxygen atoms in total. The Kier molecular flexibility index (Phi) is 4.01. The number of halogens is 1. The molecule has 5 heteroatoms. The number of hydrogen-bond acceptors (Lipinski definition) is 3. The lowest BCUT2D eigenvalue weighted by atomic mass is 9.94. The van der Waals surface area contributed by atoms with Crippen LogP contribution in [0.4, 0.5) is 5.69 Å². The summed E-state index contributed by atoms with van der Waals surface area (Å²) in [5.41, 5.74) is 1.64. The van der Waals surface area contributed by atoms with Crippen LogP contribution in [0.2, 0.25) is 0 Å². The predicted molar refractivity (Wildman–Crippen MR) is 71.5 cm³/mol. The fourth-order valence-electron chi connectivity index (χ4n) is 2.30. The number of methoxy groups -OCH3 is 1. The topological polar surface area (TPSA) is 46.6 Å². The standard InChI is InChI=1S/C13H14BrNO3/c1-18-13(17)11-3-2-6-15(8-16)12-7-9(14)4-5-10(11)12/h4-5,7-8,11H,2-3,6H2,1H3. The summed E-state index contributed by atoms with van der Waals surface area (Å²) < 4.78 is 5.73. The molecule has 96 valence electrons. The number of carbonyl (C=O) groups excluding carboxylic acids is 2. The summed E-state index contributed by atoms with van der Waals surface area (Å²) in [5, 5.41) is 0. The van der Waals surface area contributed by atoms with Crippen LogP contribution in [0.1, 0.15) is 24.3 Å². The van der Waals surface area contributed by atoms with Crippen LogP contribution in [-0.2, 0) is 14.3 Å². The van der Waals surface area contributed by atoms with E-state index in [4.69, 9.17) is 4.74 Å². The predicted octanol–water partition coefficient (Wildman–Crippen LogP) is 2.46. The zero-order valence-electron chi connectivity index (χ0n) is 10.1. The van der Waals surface area contributed by atoms with Crippen molar-refractivity contribution in [1.82, 2.24) is 0 Å². The zero-order chi connectivity index (χ0) is 13.1. The first kappa shape index (κ1) is 13.1. The molecule has 1 aliphatic rings. The molecule has 0 N–H and O–H groups in total. The van der Waals surface area contributed by atoms with E-state index in [1.165, 1.54) is 7.11 Å². The van der Waals surface area contributed by atoms with Gasteiger partial charge in [-0.3, -0.25) is 9.59 Å². The highest BCUT2D eigenvalue weighted by Gasteiger charge is 2.28. The average molecular weight is 312 g/mol. The quantitative estimate of drug-likeness (QED) is 0.622. The van der Waals surface area contributed by atoms with E-state index in [9.17, 15) is 9.59 Å². The molecular weight excluding hydrogens is 298 g/mol. The third-order valence-electron chi connectivity index (χ3n) is 3.18. The highest BCUT2D eigenvalue weighted by atomic mass is 79.9. The number of rotatable bonds is 2. The molecule has 0 aliphatic carbocycles. The lowest BCUT2D eigenvalue weighted by Crippen LogP contribution is -2.22. The molecule has 1 aromatic rings. The Balaban J connectivity index is 2.50. The maximum Gasteiger partial charge on any atom is 0.313 e. The van der Waals surface area contributed by atoms with Crippen molar-refractivity contribution < 1.29 is 14.3 Å². The van der Waals surface area contributed by atoms with Gasteiger partial charge in [0.1, 0.15) is 0 Å². The minimum absolute atomic E-state index is 0.244. The van der Waals surface area contributed by atoms with E-state index in [2.05, 4.69) is 15.9 Å². The van der Waals surface area contributed by atoms with Gasteiger partial charge in [0.2, 0.25) is 6.41 Å². The van der Waals surface area contributed by atoms with Gasteiger partial charge >= 0.3 is 5.97 Å². The fraction of sp³-hybridized carbons (Fsp3) is 0.385. The van der Waals surface area contributed by atoms with Crippen molar-refractivity contribution in [2.45, 2.75) is 18.8 Å². The van der Waals surface area contributed by atoms with E-state index >= 15 is 0 Å². The van der Waals surface area contributed by atoms with E-state index in [-0.39, 0.29) is 11.9 Å². The average Bonchev–Trinajstić information content (AvgIpc) is 2.56. The molecule has 1 atom stereocenters. The van der Waals surface area contributed by atoms with Crippen molar-refractivity contribution in [2.75, 3.05) is 18.6 Å². The molecule has 1 aliphatic heterocycles. The maximum atomic E-state index is 11.8. The van der Waals surface area contributed by atoms with Crippen LogP contribution in [0.25, 0.3) is 0 Å². The SMILES string of the molecule is COC(=O)C1CCCN(C=O)c2cc(Br)ccc21. The van der Waals surface area contributed by atoms with Gasteiger partial charge in [0.25, 0.3) is 0 Å². The van der Waals surface area contributed by atoms with Crippen molar-refractivity contribution in [3.05, 3.63) is 28.2 Å². The van der Waals surface area contributed by atoms with Gasteiger partial charge in [-0.25, -0.2) is 0 Å². The zero-order valence-corrected chi connectivity index (χ0v) is 11.6. The summed E-state index contributed by atoms with van der Waals surface area (Å²) in [7, 11) is 1.39. The van der Waals surface area contributed by atoms with Crippen LogP contribution in [0.5, 0.6) is 0 Å². The Bertz CT molecular complexity index is 475. The third kappa shape index (κ3) is 2.41. The summed E-state index contributed by atoms with van der Waals surface area (Å²) in [6.07, 6.45) is 2.29. The number of nitrogens with zero attached hydrogens (tertiary/aromatic N) is 1. The minimum atomic E-state index is -0.289. The Labute approximate surface area is 114 Å². The van der Waals surface area contributed by atoms with Crippen LogP contribution in [0.15, 0.2) is 22.7 Å². The summed E-state index contributed by atoms with van der Waals surface area (Å²) in [5.74, 6) is -0.533. The minimum Gasteiger partial charge on any atom is -0.469 e. The summed E-state index contributed by atoms with van der Waals surface area (Å²) in [6, 6.07) is 5.62. The number of esters is 1. The normalized spacial score (nSPS) is 18.8. The first-order valence-corrected chi connectivity index (χ1v) is 6.56. The molecule has 1 amide bonds. The number of anilines is 1. The number of hydrogen-bond donors (Lipinski definition) is 0. The number of ether oxygens (including phenoxy) is 1. The maximum absolute atomic E-state index is 11.8. The monoisotopic (exact) mass is 311 g/mol. The Hall–Kier alpha value is -1.36. The first-order valence-electron chi connectivity index (χ1n) is 5.76. The van der Waals surface area contributed by atoms with Gasteiger partial charge in [-0.2, -0.15) is 0 Å². The molecule has 18 heavy (non-hydrogen) atoms. The Morgan fingerprint density at radius 3 is 3.00 bits per heavy atom. The molecule has 1 aromatic carbocycles. The van der Waals surface area contributed by atoms with Crippen molar-refractivity contribution in [2.24, 2.45) is 0 Å². The van der Waals surface area contributed by atoms with Gasteiger partial charge in [0.05, 0.1) is 13.0 Å². The second-order valence-electron chi connectivity index (χ2n) is 4.22. The Morgan fingerprint density at radius 2 is 2.33 bits per heavy atom. The van der Waals surface area contributed by atoms with Crippen molar-refractivity contribution in [1.29, 1.82) is 0 Å². The highest BCUT2D eigenvalue weighted by molar-refractivity contribution is 9.10. The van der Waals surface area contributed by atoms with Crippen molar-refractivity contribution in [3.63, 3.8) is 0 Å². The molecule has 2 rings (SSSR count). The summed E-state index contributed by atoms with van der Waals surface area (Å²) >= 11 is 3.39. The number of fused-ring (bicyclic) bond motifs is 1. The Morgan fingerprint density at radius 1 is 1.56 bits per heavy atom. The second kappa shape index (κ2) is 5.52. The largest absolute Gasteiger partial charge is 0.469 e. The molecule has 0 aromatic heterocycles. The molecule has 1 unspecified atom stereocenters. The highest BCUT2D eigenvalue weighted by Crippen LogP contribution is 2.36. The molecule has 0 spiro atoms. The molecule has 1 heterocycles. The van der Waals surface area contributed by atoms with E-state index < -0.39 is 0 Å². The van der Waals surface area contributed by atoms with E-state index in [1.54, 1.807) is 4.90 Å². The molecule has 0 bridgehead atoms. The number of carbonyl (C=O) groups is 2. The van der Waals surface area contributed by atoms with Crippen molar-refractivity contribution in [3.8, 4) is 0 Å². The smallest absolute Gasteiger partial charge is 0.313 e. The van der Waals surface area contributed by atoms with Gasteiger partial charge in [0, 0.05) is 16.7 Å². The number of benzene rings is 1. The molecule has 0 radical (unpaired) electrons. The van der Waals surface area contributed by atoms with Gasteiger partial charge in [-0.1, -0.05) is 22.0 Å². The molecule has 0 saturated heterocycles. The fourth-order valence-corrected chi connectivity index (χ4v) is 2.65. The van der Waals surface area contributed by atoms with Crippen LogP contribution >= 0.6 is 15.9 Å². The van der Waals surface area contributed by atoms with Crippen LogP contribution < -0.4 is 4.90 Å². The lowest BCUT2D eigenvalue weighted by Gasteiger charge is -2.19. The van der Waals surface area contributed by atoms with Crippen LogP contribution in [0.3, 0.4) is 0 Å². The van der Waals surface area contributed by atoms with Gasteiger partial charge in [0.15, 0.2) is 0 Å². The molecule has 0 fully saturated rings. The second-order valence-corrected chi connectivity index (χ2v) is 5.14. The summed E-state index contributed by atoms with van der Waals surface area (Å²) in [6.45, 7) is 0.625. The number of amides is 1. The van der Waals surface area contributed by atoms with Crippen LogP contribution in [-0.4, -0.2) is 26.0 Å². The lowest BCUT2D eigenvalue weighted by molar-refractivity contribution is -0.142. The van der Waals surface area contributed by atoms with Gasteiger partial charge < -0.3 is 9.64 Å². The van der Waals surface area contributed by atoms with E-state index in [0.717, 1.165) is 28.6 Å². The van der Waals surface area contributed by atoms with Gasteiger partial charge in [-0.05, 0) is 30.5 Å².